The molecule has 134 valence electrons. The zero-order valence-electron chi connectivity index (χ0n) is 14.8. The Morgan fingerprint density at radius 3 is 2.83 bits per heavy atom. The molecule has 2 N–H and O–H groups in total. The first kappa shape index (κ1) is 16.6. The predicted octanol–water partition coefficient (Wildman–Crippen LogP) is 2.65. The quantitative estimate of drug-likeness (QED) is 0.840. The summed E-state index contributed by atoms with van der Waals surface area (Å²) in [6.07, 6.45) is 12.0. The van der Waals surface area contributed by atoms with E-state index in [1.807, 2.05) is 6.20 Å². The number of nitrogens with zero attached hydrogens (tertiary/aromatic N) is 2. The third-order valence-electron chi connectivity index (χ3n) is 6.11. The fourth-order valence-corrected chi connectivity index (χ4v) is 4.12. The first-order chi connectivity index (χ1) is 11.6. The van der Waals surface area contributed by atoms with E-state index in [1.54, 1.807) is 0 Å². The van der Waals surface area contributed by atoms with E-state index in [-0.39, 0.29) is 12.1 Å². The van der Waals surface area contributed by atoms with E-state index in [2.05, 4.69) is 28.2 Å². The van der Waals surface area contributed by atoms with E-state index in [9.17, 15) is 5.11 Å². The smallest absolute Gasteiger partial charge is 0.101 e. The van der Waals surface area contributed by atoms with Crippen molar-refractivity contribution in [3.05, 3.63) is 18.0 Å². The van der Waals surface area contributed by atoms with Gasteiger partial charge in [0.2, 0.25) is 0 Å². The molecule has 5 nitrogen and oxygen atoms in total. The Morgan fingerprint density at radius 1 is 1.29 bits per heavy atom. The van der Waals surface area contributed by atoms with Crippen molar-refractivity contribution in [1.82, 2.24) is 15.1 Å². The lowest BCUT2D eigenvalue weighted by Crippen LogP contribution is -2.47. The maximum absolute atomic E-state index is 10.8. The Kier molecular flexibility index (Phi) is 4.67. The normalized spacial score (nSPS) is 37.0. The van der Waals surface area contributed by atoms with Gasteiger partial charge in [-0.1, -0.05) is 6.92 Å². The van der Waals surface area contributed by atoms with Gasteiger partial charge >= 0.3 is 0 Å². The van der Waals surface area contributed by atoms with Gasteiger partial charge in [0, 0.05) is 37.5 Å². The summed E-state index contributed by atoms with van der Waals surface area (Å²) >= 11 is 0. The Morgan fingerprint density at radius 2 is 2.08 bits per heavy atom. The first-order valence-corrected chi connectivity index (χ1v) is 9.71. The summed E-state index contributed by atoms with van der Waals surface area (Å²) in [7, 11) is 0. The van der Waals surface area contributed by atoms with Gasteiger partial charge in [0.15, 0.2) is 0 Å². The summed E-state index contributed by atoms with van der Waals surface area (Å²) in [6.45, 7) is 4.79. The first-order valence-electron chi connectivity index (χ1n) is 9.71. The minimum absolute atomic E-state index is 0.0732. The molecule has 24 heavy (non-hydrogen) atoms. The molecule has 1 saturated heterocycles. The average Bonchev–Trinajstić information content (AvgIpc) is 3.08. The van der Waals surface area contributed by atoms with Crippen LogP contribution in [0.25, 0.3) is 0 Å². The van der Waals surface area contributed by atoms with Crippen LogP contribution in [0, 0.1) is 11.8 Å². The Hall–Kier alpha value is -0.910. The molecule has 3 fully saturated rings. The van der Waals surface area contributed by atoms with Gasteiger partial charge in [-0.2, -0.15) is 5.10 Å². The highest BCUT2D eigenvalue weighted by Gasteiger charge is 2.36. The molecule has 2 heterocycles. The van der Waals surface area contributed by atoms with Gasteiger partial charge in [-0.25, -0.2) is 0 Å². The van der Waals surface area contributed by atoms with Gasteiger partial charge < -0.3 is 15.2 Å². The van der Waals surface area contributed by atoms with Gasteiger partial charge in [-0.3, -0.25) is 4.68 Å². The van der Waals surface area contributed by atoms with Crippen LogP contribution in [0.15, 0.2) is 12.4 Å². The SMILES string of the molecule is CC1CCC(O)(CN[C@H]2CCO[C@@H]2c2cnn(CC3CC3)c2)CC1. The van der Waals surface area contributed by atoms with Gasteiger partial charge in [0.05, 0.1) is 11.8 Å². The molecule has 1 aromatic rings. The van der Waals surface area contributed by atoms with E-state index < -0.39 is 5.60 Å². The summed E-state index contributed by atoms with van der Waals surface area (Å²) in [4.78, 5) is 0. The molecule has 2 saturated carbocycles. The Labute approximate surface area is 144 Å². The number of hydrogen-bond donors (Lipinski definition) is 2. The Balaban J connectivity index is 1.33. The van der Waals surface area contributed by atoms with Crippen molar-refractivity contribution in [2.45, 2.75) is 76.2 Å². The maximum atomic E-state index is 10.8. The number of rotatable bonds is 6. The number of hydrogen-bond acceptors (Lipinski definition) is 4. The van der Waals surface area contributed by atoms with Crippen molar-refractivity contribution in [2.75, 3.05) is 13.2 Å². The second-order valence-corrected chi connectivity index (χ2v) is 8.41. The van der Waals surface area contributed by atoms with Crippen molar-refractivity contribution in [3.8, 4) is 0 Å². The maximum Gasteiger partial charge on any atom is 0.101 e. The van der Waals surface area contributed by atoms with Crippen molar-refractivity contribution < 1.29 is 9.84 Å². The van der Waals surface area contributed by atoms with Crippen LogP contribution in [0.5, 0.6) is 0 Å². The molecular formula is C19H31N3O2. The van der Waals surface area contributed by atoms with Crippen LogP contribution < -0.4 is 5.32 Å². The molecule has 5 heteroatoms. The van der Waals surface area contributed by atoms with Gasteiger partial charge in [-0.05, 0) is 56.8 Å². The summed E-state index contributed by atoms with van der Waals surface area (Å²) in [5, 5.41) is 18.9. The van der Waals surface area contributed by atoms with Crippen LogP contribution in [0.2, 0.25) is 0 Å². The van der Waals surface area contributed by atoms with Crippen molar-refractivity contribution in [3.63, 3.8) is 0 Å². The summed E-state index contributed by atoms with van der Waals surface area (Å²) in [6, 6.07) is 0.284. The highest BCUT2D eigenvalue weighted by Crippen LogP contribution is 2.34. The van der Waals surface area contributed by atoms with Gasteiger partial charge in [0.25, 0.3) is 0 Å². The van der Waals surface area contributed by atoms with E-state index >= 15 is 0 Å². The fourth-order valence-electron chi connectivity index (χ4n) is 4.12. The molecule has 0 radical (unpaired) electrons. The molecule has 0 amide bonds. The van der Waals surface area contributed by atoms with E-state index in [0.29, 0.717) is 6.54 Å². The highest BCUT2D eigenvalue weighted by atomic mass is 16.5. The van der Waals surface area contributed by atoms with E-state index in [1.165, 1.54) is 18.4 Å². The number of aliphatic hydroxyl groups is 1. The van der Waals surface area contributed by atoms with Crippen LogP contribution in [-0.2, 0) is 11.3 Å². The van der Waals surface area contributed by atoms with Crippen LogP contribution in [0.1, 0.15) is 63.5 Å². The van der Waals surface area contributed by atoms with Crippen LogP contribution in [0.4, 0.5) is 0 Å². The lowest BCUT2D eigenvalue weighted by atomic mass is 9.79. The van der Waals surface area contributed by atoms with Crippen LogP contribution in [0.3, 0.4) is 0 Å². The summed E-state index contributed by atoms with van der Waals surface area (Å²) in [5.74, 6) is 1.59. The largest absolute Gasteiger partial charge is 0.389 e. The minimum Gasteiger partial charge on any atom is -0.389 e. The molecular weight excluding hydrogens is 302 g/mol. The lowest BCUT2D eigenvalue weighted by molar-refractivity contribution is -0.0107. The second kappa shape index (κ2) is 6.77. The average molecular weight is 333 g/mol. The van der Waals surface area contributed by atoms with Crippen molar-refractivity contribution in [2.24, 2.45) is 11.8 Å². The lowest BCUT2D eigenvalue weighted by Gasteiger charge is -2.36. The number of nitrogens with one attached hydrogen (secondary N) is 1. The molecule has 1 aliphatic heterocycles. The molecule has 0 bridgehead atoms. The van der Waals surface area contributed by atoms with E-state index in [0.717, 1.165) is 57.1 Å². The molecule has 3 aliphatic rings. The molecule has 0 aromatic carbocycles. The summed E-state index contributed by atoms with van der Waals surface area (Å²) < 4.78 is 8.05. The topological polar surface area (TPSA) is 59.3 Å². The third-order valence-corrected chi connectivity index (χ3v) is 6.11. The molecule has 4 rings (SSSR count). The third kappa shape index (κ3) is 3.84. The minimum atomic E-state index is -0.532. The fraction of sp³-hybridized carbons (Fsp3) is 0.842. The molecule has 2 atom stereocenters. The second-order valence-electron chi connectivity index (χ2n) is 8.41. The van der Waals surface area contributed by atoms with Crippen molar-refractivity contribution >= 4 is 0 Å². The van der Waals surface area contributed by atoms with Crippen molar-refractivity contribution in [1.29, 1.82) is 0 Å². The van der Waals surface area contributed by atoms with Gasteiger partial charge in [0.1, 0.15) is 6.10 Å². The molecule has 1 aromatic heterocycles. The number of ether oxygens (including phenoxy) is 1. The van der Waals surface area contributed by atoms with Gasteiger partial charge in [-0.15, -0.1) is 0 Å². The number of aromatic nitrogens is 2. The summed E-state index contributed by atoms with van der Waals surface area (Å²) in [5.41, 5.74) is 0.644. The van der Waals surface area contributed by atoms with Crippen LogP contribution in [-0.4, -0.2) is 39.7 Å². The predicted molar refractivity (Wildman–Crippen MR) is 92.6 cm³/mol. The highest BCUT2D eigenvalue weighted by molar-refractivity contribution is 5.13. The van der Waals surface area contributed by atoms with E-state index in [4.69, 9.17) is 4.74 Å². The zero-order chi connectivity index (χ0) is 16.6. The Bertz CT molecular complexity index is 547. The molecule has 0 spiro atoms. The zero-order valence-corrected chi connectivity index (χ0v) is 14.8. The molecule has 2 aliphatic carbocycles. The molecule has 0 unspecified atom stereocenters. The standard InChI is InChI=1S/C19H31N3O2/c1-14-4-7-19(23,8-5-14)13-20-17-6-9-24-18(17)16-10-21-22(12-16)11-15-2-3-15/h10,12,14-15,17-18,20,23H,2-9,11,13H2,1H3/t14?,17-,18+,19?/m0/s1. The monoisotopic (exact) mass is 333 g/mol. The van der Waals surface area contributed by atoms with Crippen LogP contribution >= 0.6 is 0 Å².